The van der Waals surface area contributed by atoms with Crippen molar-refractivity contribution in [3.05, 3.63) is 175 Å². The standard InChI is InChI=1S/C46H27N5/c1-47-32-23-25-36-34-16-5-6-17-35(34)40-27-31(22-24-37(40)41(36)28-32)46-49-44(29-12-3-2-4-13-29)48-45(50-46)30-14-11-15-33(26-30)51-42-20-9-7-18-38(42)39-19-8-10-21-43(39)51/h2-28H. The summed E-state index contributed by atoms with van der Waals surface area (Å²) in [6.07, 6.45) is 0. The van der Waals surface area contributed by atoms with Crippen LogP contribution in [-0.2, 0) is 0 Å². The second-order valence-corrected chi connectivity index (χ2v) is 12.7. The van der Waals surface area contributed by atoms with Crippen molar-refractivity contribution in [3.8, 4) is 39.9 Å². The van der Waals surface area contributed by atoms with Crippen LogP contribution in [0.15, 0.2) is 164 Å². The Bertz CT molecular complexity index is 2990. The molecule has 0 unspecified atom stereocenters. The van der Waals surface area contributed by atoms with Crippen LogP contribution in [0.4, 0.5) is 5.69 Å². The Kier molecular flexibility index (Phi) is 6.48. The summed E-state index contributed by atoms with van der Waals surface area (Å²) >= 11 is 0. The molecular formula is C46H27N5. The van der Waals surface area contributed by atoms with Crippen LogP contribution in [0.3, 0.4) is 0 Å². The molecule has 2 aromatic heterocycles. The summed E-state index contributed by atoms with van der Waals surface area (Å²) in [5.74, 6) is 1.82. The average Bonchev–Trinajstić information content (AvgIpc) is 3.55. The molecule has 51 heavy (non-hydrogen) atoms. The van der Waals surface area contributed by atoms with E-state index in [1.165, 1.54) is 10.8 Å². The number of para-hydroxylation sites is 2. The monoisotopic (exact) mass is 649 g/mol. The van der Waals surface area contributed by atoms with Gasteiger partial charge in [-0.15, -0.1) is 0 Å². The van der Waals surface area contributed by atoms with Crippen LogP contribution in [0.25, 0.3) is 98.8 Å². The van der Waals surface area contributed by atoms with Gasteiger partial charge in [0.1, 0.15) is 0 Å². The maximum Gasteiger partial charge on any atom is 0.187 e. The van der Waals surface area contributed by atoms with Gasteiger partial charge >= 0.3 is 0 Å². The molecule has 0 saturated heterocycles. The molecule has 5 heteroatoms. The van der Waals surface area contributed by atoms with Gasteiger partial charge in [0.2, 0.25) is 0 Å². The molecule has 0 N–H and O–H groups in total. The third kappa shape index (κ3) is 4.66. The highest BCUT2D eigenvalue weighted by molar-refractivity contribution is 6.26. The number of nitrogens with zero attached hydrogens (tertiary/aromatic N) is 5. The molecule has 10 aromatic rings. The lowest BCUT2D eigenvalue weighted by molar-refractivity contribution is 1.07. The third-order valence-corrected chi connectivity index (χ3v) is 9.82. The Morgan fingerprint density at radius 2 is 0.863 bits per heavy atom. The van der Waals surface area contributed by atoms with Crippen LogP contribution in [0.1, 0.15) is 0 Å². The summed E-state index contributed by atoms with van der Waals surface area (Å²) in [6, 6.07) is 56.4. The van der Waals surface area contributed by atoms with E-state index in [-0.39, 0.29) is 0 Å². The van der Waals surface area contributed by atoms with Crippen LogP contribution < -0.4 is 0 Å². The van der Waals surface area contributed by atoms with Crippen molar-refractivity contribution in [3.63, 3.8) is 0 Å². The van der Waals surface area contributed by atoms with Gasteiger partial charge in [-0.05, 0) is 68.7 Å². The van der Waals surface area contributed by atoms with Gasteiger partial charge in [0.25, 0.3) is 0 Å². The summed E-state index contributed by atoms with van der Waals surface area (Å²) in [7, 11) is 0. The SMILES string of the molecule is [C-]#[N+]c1ccc2c3ccccc3c3cc(-c4nc(-c5ccccc5)nc(-c5cccc(-n6c7ccccc7c7ccccc76)c5)n4)ccc3c2c1. The van der Waals surface area contributed by atoms with Crippen molar-refractivity contribution < 1.29 is 0 Å². The van der Waals surface area contributed by atoms with Crippen molar-refractivity contribution in [2.45, 2.75) is 0 Å². The minimum atomic E-state index is 0.599. The predicted octanol–water partition coefficient (Wildman–Crippen LogP) is 12.0. The second kappa shape index (κ2) is 11.5. The fourth-order valence-electron chi connectivity index (χ4n) is 7.49. The summed E-state index contributed by atoms with van der Waals surface area (Å²) in [5, 5.41) is 9.11. The Morgan fingerprint density at radius 1 is 0.373 bits per heavy atom. The topological polar surface area (TPSA) is 48.0 Å². The normalized spacial score (nSPS) is 11.5. The second-order valence-electron chi connectivity index (χ2n) is 12.7. The molecule has 0 atom stereocenters. The van der Waals surface area contributed by atoms with Crippen LogP contribution in [0, 0.1) is 6.57 Å². The van der Waals surface area contributed by atoms with Crippen molar-refractivity contribution in [2.24, 2.45) is 0 Å². The summed E-state index contributed by atoms with van der Waals surface area (Å²) < 4.78 is 2.31. The van der Waals surface area contributed by atoms with Gasteiger partial charge in [-0.25, -0.2) is 19.8 Å². The van der Waals surface area contributed by atoms with Crippen molar-refractivity contribution >= 4 is 59.8 Å². The highest BCUT2D eigenvalue weighted by Crippen LogP contribution is 2.39. The number of rotatable bonds is 4. The van der Waals surface area contributed by atoms with E-state index < -0.39 is 0 Å². The lowest BCUT2D eigenvalue weighted by atomic mass is 9.93. The molecule has 5 nitrogen and oxygen atoms in total. The maximum absolute atomic E-state index is 7.64. The number of benzene rings is 8. The zero-order chi connectivity index (χ0) is 33.9. The number of hydrogen-bond donors (Lipinski definition) is 0. The fourth-order valence-corrected chi connectivity index (χ4v) is 7.49. The molecule has 0 aliphatic carbocycles. The molecule has 0 fully saturated rings. The molecular weight excluding hydrogens is 623 g/mol. The first-order valence-electron chi connectivity index (χ1n) is 16.9. The van der Waals surface area contributed by atoms with Gasteiger partial charge < -0.3 is 4.57 Å². The molecule has 2 heterocycles. The van der Waals surface area contributed by atoms with E-state index in [1.54, 1.807) is 0 Å². The zero-order valence-electron chi connectivity index (χ0n) is 27.3. The van der Waals surface area contributed by atoms with E-state index in [0.29, 0.717) is 23.2 Å². The van der Waals surface area contributed by atoms with Gasteiger partial charge in [0.05, 0.1) is 17.6 Å². The van der Waals surface area contributed by atoms with Crippen LogP contribution in [0.2, 0.25) is 0 Å². The van der Waals surface area contributed by atoms with E-state index in [9.17, 15) is 0 Å². The van der Waals surface area contributed by atoms with Gasteiger partial charge in [0, 0.05) is 33.2 Å². The minimum Gasteiger partial charge on any atom is -0.309 e. The highest BCUT2D eigenvalue weighted by Gasteiger charge is 2.17. The minimum absolute atomic E-state index is 0.599. The fraction of sp³-hybridized carbons (Fsp3) is 0. The maximum atomic E-state index is 7.64. The number of aromatic nitrogens is 4. The number of hydrogen-bond acceptors (Lipinski definition) is 3. The van der Waals surface area contributed by atoms with Gasteiger partial charge in [-0.3, -0.25) is 0 Å². The van der Waals surface area contributed by atoms with Gasteiger partial charge in [-0.1, -0.05) is 127 Å². The molecule has 0 spiro atoms. The van der Waals surface area contributed by atoms with Crippen LogP contribution >= 0.6 is 0 Å². The highest BCUT2D eigenvalue weighted by atomic mass is 15.0. The molecule has 10 rings (SSSR count). The zero-order valence-corrected chi connectivity index (χ0v) is 27.3. The van der Waals surface area contributed by atoms with E-state index in [2.05, 4.69) is 131 Å². The van der Waals surface area contributed by atoms with Crippen molar-refractivity contribution in [1.29, 1.82) is 0 Å². The lowest BCUT2D eigenvalue weighted by Crippen LogP contribution is -2.01. The van der Waals surface area contributed by atoms with Crippen LogP contribution in [-0.4, -0.2) is 19.5 Å². The lowest BCUT2D eigenvalue weighted by Gasteiger charge is -2.13. The molecule has 0 saturated carbocycles. The molecule has 236 valence electrons. The molecule has 0 amide bonds. The first-order valence-corrected chi connectivity index (χ1v) is 16.9. The van der Waals surface area contributed by atoms with Gasteiger partial charge in [0.15, 0.2) is 23.2 Å². The number of fused-ring (bicyclic) bond motifs is 9. The van der Waals surface area contributed by atoms with Crippen molar-refractivity contribution in [1.82, 2.24) is 19.5 Å². The summed E-state index contributed by atoms with van der Waals surface area (Å²) in [4.78, 5) is 19.0. The largest absolute Gasteiger partial charge is 0.309 e. The molecule has 0 aliphatic rings. The summed E-state index contributed by atoms with van der Waals surface area (Å²) in [6.45, 7) is 7.64. The quantitative estimate of drug-likeness (QED) is 0.141. The van der Waals surface area contributed by atoms with E-state index in [1.807, 2.05) is 42.5 Å². The molecule has 0 aliphatic heterocycles. The smallest absolute Gasteiger partial charge is 0.187 e. The first-order chi connectivity index (χ1) is 25.2. The predicted molar refractivity (Wildman–Crippen MR) is 209 cm³/mol. The molecule has 0 bridgehead atoms. The van der Waals surface area contributed by atoms with Crippen LogP contribution in [0.5, 0.6) is 0 Å². The Labute approximate surface area is 293 Å². The van der Waals surface area contributed by atoms with E-state index >= 15 is 0 Å². The first kappa shape index (κ1) is 28.8. The Balaban J connectivity index is 1.19. The average molecular weight is 650 g/mol. The molecule has 0 radical (unpaired) electrons. The van der Waals surface area contributed by atoms with Crippen molar-refractivity contribution in [2.75, 3.05) is 0 Å². The van der Waals surface area contributed by atoms with E-state index in [0.717, 1.165) is 65.7 Å². The Morgan fingerprint density at radius 3 is 1.55 bits per heavy atom. The molecule has 8 aromatic carbocycles. The Hall–Kier alpha value is -7.16. The summed E-state index contributed by atoms with van der Waals surface area (Å²) in [5.41, 5.74) is 6.68. The van der Waals surface area contributed by atoms with E-state index in [4.69, 9.17) is 21.5 Å². The third-order valence-electron chi connectivity index (χ3n) is 9.82. The van der Waals surface area contributed by atoms with Gasteiger partial charge in [-0.2, -0.15) is 0 Å².